The van der Waals surface area contributed by atoms with E-state index < -0.39 is 14.8 Å². The molecule has 344 valence electrons. The normalized spacial score (nSPS) is 13.3. The smallest absolute Gasteiger partial charge is 0.500 e. The first-order valence-corrected chi connectivity index (χ1v) is 25.5. The summed E-state index contributed by atoms with van der Waals surface area (Å²) in [5.74, 6) is 2.79. The fourth-order valence-electron chi connectivity index (χ4n) is 7.68. The zero-order chi connectivity index (χ0) is 44.6. The summed E-state index contributed by atoms with van der Waals surface area (Å²) in [5.41, 5.74) is 3.60. The van der Waals surface area contributed by atoms with E-state index >= 15 is 0 Å². The molecule has 11 heteroatoms. The lowest BCUT2D eigenvalue weighted by Gasteiger charge is -2.40. The van der Waals surface area contributed by atoms with Crippen LogP contribution in [-0.4, -0.2) is 72.7 Å². The fraction of sp³-hybridized carbons (Fsp3) is 0.519. The maximum Gasteiger partial charge on any atom is 0.500 e. The molecular formula is C52H72O10Si. The van der Waals surface area contributed by atoms with Gasteiger partial charge in [0.1, 0.15) is 28.7 Å². The van der Waals surface area contributed by atoms with Crippen LogP contribution < -0.4 is 18.9 Å². The minimum atomic E-state index is -2.70. The largest absolute Gasteiger partial charge is 0.508 e. The Balaban J connectivity index is 0.858. The quantitative estimate of drug-likeness (QED) is 0.0220. The zero-order valence-corrected chi connectivity index (χ0v) is 39.3. The van der Waals surface area contributed by atoms with Crippen LogP contribution in [0.4, 0.5) is 0 Å². The molecule has 4 aromatic rings. The van der Waals surface area contributed by atoms with E-state index in [1.807, 2.05) is 93.6 Å². The van der Waals surface area contributed by atoms with Crippen molar-refractivity contribution >= 4 is 14.8 Å². The number of carbonyl (C=O) groups is 1. The number of aromatic hydroxyl groups is 1. The van der Waals surface area contributed by atoms with Crippen molar-refractivity contribution < 1.29 is 46.9 Å². The lowest BCUT2D eigenvalue weighted by molar-refractivity contribution is -0.133. The third-order valence-electron chi connectivity index (χ3n) is 11.6. The molecule has 0 aromatic heterocycles. The highest BCUT2D eigenvalue weighted by molar-refractivity contribution is 6.60. The Bertz CT molecular complexity index is 1860. The number of phenols is 1. The first-order valence-electron chi connectivity index (χ1n) is 23.5. The summed E-state index contributed by atoms with van der Waals surface area (Å²) in [5, 5.41) is 10.5. The Morgan fingerprint density at radius 3 is 1.57 bits per heavy atom. The van der Waals surface area contributed by atoms with Gasteiger partial charge < -0.3 is 42.1 Å². The van der Waals surface area contributed by atoms with Gasteiger partial charge in [0.2, 0.25) is 0 Å². The van der Waals surface area contributed by atoms with Gasteiger partial charge in [-0.1, -0.05) is 82.6 Å². The molecule has 0 amide bonds. The van der Waals surface area contributed by atoms with E-state index in [1.54, 1.807) is 18.2 Å². The number of phenolic OH excluding ortho intramolecular Hbond substituents is 1. The predicted octanol–water partition coefficient (Wildman–Crippen LogP) is 12.4. The van der Waals surface area contributed by atoms with E-state index in [4.69, 9.17) is 37.0 Å². The topological polar surface area (TPSA) is 111 Å². The molecule has 10 nitrogen and oxygen atoms in total. The number of hydrogen-bond acceptors (Lipinski definition) is 10. The molecule has 63 heavy (non-hydrogen) atoms. The zero-order valence-electron chi connectivity index (χ0n) is 38.3. The molecule has 1 N–H and O–H groups in total. The highest BCUT2D eigenvalue weighted by Crippen LogP contribution is 2.33. The summed E-state index contributed by atoms with van der Waals surface area (Å²) < 4.78 is 47.0. The molecule has 0 spiro atoms. The summed E-state index contributed by atoms with van der Waals surface area (Å²) in [6, 6.07) is 29.0. The monoisotopic (exact) mass is 884 g/mol. The van der Waals surface area contributed by atoms with Gasteiger partial charge >= 0.3 is 14.8 Å². The molecule has 1 heterocycles. The minimum Gasteiger partial charge on any atom is -0.508 e. The SMILES string of the molecule is CCO[Si](CCCc1cc(OCCCCCCCCCCCCOc2ccc(C(=O)Oc3ccc(-c4ccc(OCC5(CC)COC5)cc4)cc3)cc2)ccc1O)(OCC)OCC. The van der Waals surface area contributed by atoms with Crippen LogP contribution in [0.15, 0.2) is 91.0 Å². The summed E-state index contributed by atoms with van der Waals surface area (Å²) in [7, 11) is -2.70. The molecule has 5 rings (SSSR count). The number of rotatable bonds is 32. The van der Waals surface area contributed by atoms with E-state index in [1.165, 1.54) is 38.5 Å². The van der Waals surface area contributed by atoms with Crippen LogP contribution in [0.5, 0.6) is 28.7 Å². The summed E-state index contributed by atoms with van der Waals surface area (Å²) in [6.07, 6.45) is 14.3. The second-order valence-corrected chi connectivity index (χ2v) is 19.2. The van der Waals surface area contributed by atoms with Crippen molar-refractivity contribution in [2.24, 2.45) is 5.41 Å². The third-order valence-corrected chi connectivity index (χ3v) is 14.8. The Hall–Kier alpha value is -4.39. The first-order chi connectivity index (χ1) is 30.8. The second kappa shape index (κ2) is 27.1. The molecule has 0 atom stereocenters. The molecule has 1 saturated heterocycles. The maximum absolute atomic E-state index is 12.8. The number of esters is 1. The molecule has 0 radical (unpaired) electrons. The third kappa shape index (κ3) is 16.6. The van der Waals surface area contributed by atoms with Crippen molar-refractivity contribution in [3.05, 3.63) is 102 Å². The summed E-state index contributed by atoms with van der Waals surface area (Å²) >= 11 is 0. The van der Waals surface area contributed by atoms with Crippen molar-refractivity contribution in [1.29, 1.82) is 0 Å². The van der Waals surface area contributed by atoms with Crippen LogP contribution in [-0.2, 0) is 24.4 Å². The van der Waals surface area contributed by atoms with E-state index in [-0.39, 0.29) is 5.41 Å². The van der Waals surface area contributed by atoms with Crippen LogP contribution in [0.1, 0.15) is 121 Å². The summed E-state index contributed by atoms with van der Waals surface area (Å²) in [6.45, 7) is 13.3. The van der Waals surface area contributed by atoms with Crippen molar-refractivity contribution in [2.45, 2.75) is 117 Å². The molecule has 0 aliphatic carbocycles. The molecular weight excluding hydrogens is 813 g/mol. The second-order valence-electron chi connectivity index (χ2n) is 16.5. The molecule has 0 bridgehead atoms. The van der Waals surface area contributed by atoms with Crippen LogP contribution in [0.3, 0.4) is 0 Å². The Morgan fingerprint density at radius 1 is 0.587 bits per heavy atom. The molecule has 0 unspecified atom stereocenters. The number of hydrogen-bond donors (Lipinski definition) is 1. The van der Waals surface area contributed by atoms with Gasteiger partial charge in [0.25, 0.3) is 0 Å². The van der Waals surface area contributed by atoms with Gasteiger partial charge in [-0.05, 0) is 136 Å². The van der Waals surface area contributed by atoms with Crippen LogP contribution in [0, 0.1) is 5.41 Å². The van der Waals surface area contributed by atoms with E-state index in [0.717, 1.165) is 85.7 Å². The number of benzene rings is 4. The van der Waals surface area contributed by atoms with E-state index in [9.17, 15) is 9.90 Å². The average molecular weight is 885 g/mol. The highest BCUT2D eigenvalue weighted by Gasteiger charge is 2.40. The number of ether oxygens (including phenoxy) is 5. The van der Waals surface area contributed by atoms with Crippen molar-refractivity contribution in [3.8, 4) is 39.9 Å². The van der Waals surface area contributed by atoms with E-state index in [2.05, 4.69) is 6.92 Å². The Morgan fingerprint density at radius 2 is 1.06 bits per heavy atom. The standard InChI is InChI=1S/C52H72O10Si/c1-5-52(39-55-40-52)41-58-47-27-21-42(22-28-47)43-23-31-48(32-24-43)62-51(54)44-25-29-46(30-26-44)56-35-17-15-13-11-9-10-12-14-16-18-36-57-49-33-34-50(53)45(38-49)20-19-37-63(59-6-2,60-7-3)61-8-4/h21-34,38,53H,5-20,35-37,39-41H2,1-4H3. The van der Waals surface area contributed by atoms with Crippen molar-refractivity contribution in [3.63, 3.8) is 0 Å². The van der Waals surface area contributed by atoms with Gasteiger partial charge in [-0.2, -0.15) is 0 Å². The molecule has 1 aliphatic heterocycles. The van der Waals surface area contributed by atoms with Gasteiger partial charge in [0.05, 0.1) is 44.0 Å². The first kappa shape index (κ1) is 49.6. The number of aryl methyl sites for hydroxylation is 1. The maximum atomic E-state index is 12.8. The average Bonchev–Trinajstić information content (AvgIpc) is 3.28. The van der Waals surface area contributed by atoms with Crippen LogP contribution in [0.2, 0.25) is 6.04 Å². The molecule has 1 aliphatic rings. The minimum absolute atomic E-state index is 0.146. The Labute approximate surface area is 377 Å². The van der Waals surface area contributed by atoms with Gasteiger partial charge in [0.15, 0.2) is 0 Å². The fourth-order valence-corrected chi connectivity index (χ4v) is 10.3. The van der Waals surface area contributed by atoms with Gasteiger partial charge in [-0.25, -0.2) is 4.79 Å². The van der Waals surface area contributed by atoms with Gasteiger partial charge in [-0.3, -0.25) is 0 Å². The Kier molecular flexibility index (Phi) is 21.3. The summed E-state index contributed by atoms with van der Waals surface area (Å²) in [4.78, 5) is 12.8. The lowest BCUT2D eigenvalue weighted by atomic mass is 9.84. The lowest BCUT2D eigenvalue weighted by Crippen LogP contribution is -2.46. The predicted molar refractivity (Wildman–Crippen MR) is 251 cm³/mol. The van der Waals surface area contributed by atoms with Crippen LogP contribution >= 0.6 is 0 Å². The molecule has 4 aromatic carbocycles. The van der Waals surface area contributed by atoms with Crippen LogP contribution in [0.25, 0.3) is 11.1 Å². The van der Waals surface area contributed by atoms with Gasteiger partial charge in [-0.15, -0.1) is 0 Å². The van der Waals surface area contributed by atoms with Gasteiger partial charge in [0, 0.05) is 25.9 Å². The molecule has 0 saturated carbocycles. The van der Waals surface area contributed by atoms with E-state index in [0.29, 0.717) is 69.2 Å². The van der Waals surface area contributed by atoms with Crippen molar-refractivity contribution in [1.82, 2.24) is 0 Å². The number of carbonyl (C=O) groups excluding carboxylic acids is 1. The highest BCUT2D eigenvalue weighted by atomic mass is 28.4. The number of unbranched alkanes of at least 4 members (excludes halogenated alkanes) is 9. The van der Waals surface area contributed by atoms with Crippen molar-refractivity contribution in [2.75, 3.05) is 52.9 Å². The molecule has 1 fully saturated rings.